The molecule has 5 heteroatoms. The zero-order valence-corrected chi connectivity index (χ0v) is 26.1. The summed E-state index contributed by atoms with van der Waals surface area (Å²) in [5.41, 5.74) is 6.33. The monoisotopic (exact) mass is 630 g/mol. The minimum absolute atomic E-state index is 0.358. The number of hydrogen-bond acceptors (Lipinski definition) is 3. The molecule has 10 rings (SSSR count). The van der Waals surface area contributed by atoms with Crippen molar-refractivity contribution in [1.82, 2.24) is 9.13 Å². The topological polar surface area (TPSA) is 57.1 Å². The van der Waals surface area contributed by atoms with Crippen molar-refractivity contribution in [3.63, 3.8) is 0 Å². The molecule has 0 unspecified atom stereocenters. The van der Waals surface area contributed by atoms with Crippen molar-refractivity contribution in [1.29, 1.82) is 0 Å². The van der Waals surface area contributed by atoms with Crippen molar-refractivity contribution in [2.75, 3.05) is 0 Å². The number of furan rings is 1. The van der Waals surface area contributed by atoms with Crippen LogP contribution in [0.5, 0.6) is 0 Å². The van der Waals surface area contributed by atoms with E-state index in [-0.39, 0.29) is 11.1 Å². The van der Waals surface area contributed by atoms with Crippen LogP contribution < -0.4 is 11.1 Å². The minimum Gasteiger partial charge on any atom is -0.456 e. The van der Waals surface area contributed by atoms with E-state index in [1.54, 1.807) is 0 Å². The molecule has 0 saturated carbocycles. The van der Waals surface area contributed by atoms with Gasteiger partial charge in [-0.25, -0.2) is 4.57 Å². The molecule has 0 amide bonds. The van der Waals surface area contributed by atoms with Crippen LogP contribution in [0.25, 0.3) is 87.8 Å². The Hall–Kier alpha value is -6.72. The van der Waals surface area contributed by atoms with Crippen LogP contribution in [0.15, 0.2) is 172 Å². The van der Waals surface area contributed by atoms with Crippen LogP contribution in [0.1, 0.15) is 0 Å². The summed E-state index contributed by atoms with van der Waals surface area (Å²) < 4.78 is 9.66. The number of rotatable bonds is 3. The first-order chi connectivity index (χ1) is 24.2. The normalized spacial score (nSPS) is 11.8. The van der Waals surface area contributed by atoms with Crippen molar-refractivity contribution in [3.05, 3.63) is 178 Å². The molecule has 10 aromatic rings. The molecule has 0 bridgehead atoms. The largest absolute Gasteiger partial charge is 0.456 e. The lowest BCUT2D eigenvalue weighted by Gasteiger charge is -2.09. The average molecular weight is 631 g/mol. The average Bonchev–Trinajstić information content (AvgIpc) is 3.68. The maximum Gasteiger partial charge on any atom is 0.266 e. The predicted octanol–water partition coefficient (Wildman–Crippen LogP) is 10.2. The van der Waals surface area contributed by atoms with E-state index < -0.39 is 0 Å². The van der Waals surface area contributed by atoms with Gasteiger partial charge < -0.3 is 8.98 Å². The van der Waals surface area contributed by atoms with Crippen molar-refractivity contribution in [2.45, 2.75) is 0 Å². The fourth-order valence-electron chi connectivity index (χ4n) is 7.61. The van der Waals surface area contributed by atoms with Gasteiger partial charge in [-0.3, -0.25) is 9.59 Å². The Kier molecular flexibility index (Phi) is 5.81. The van der Waals surface area contributed by atoms with E-state index in [1.165, 1.54) is 4.57 Å². The van der Waals surface area contributed by atoms with E-state index in [0.717, 1.165) is 71.3 Å². The van der Waals surface area contributed by atoms with E-state index >= 15 is 0 Å². The van der Waals surface area contributed by atoms with E-state index in [1.807, 2.05) is 121 Å². The lowest BCUT2D eigenvalue weighted by molar-refractivity contribution is 0.669. The van der Waals surface area contributed by atoms with Crippen LogP contribution in [0.2, 0.25) is 0 Å². The lowest BCUT2D eigenvalue weighted by atomic mass is 9.99. The zero-order valence-electron chi connectivity index (χ0n) is 26.1. The third-order valence-electron chi connectivity index (χ3n) is 9.75. The molecule has 3 heterocycles. The Morgan fingerprint density at radius 1 is 0.388 bits per heavy atom. The third-order valence-corrected chi connectivity index (χ3v) is 9.75. The Balaban J connectivity index is 1.28. The van der Waals surface area contributed by atoms with Crippen molar-refractivity contribution in [2.24, 2.45) is 0 Å². The Morgan fingerprint density at radius 3 is 1.82 bits per heavy atom. The molecule has 230 valence electrons. The molecule has 0 saturated heterocycles. The van der Waals surface area contributed by atoms with Gasteiger partial charge in [0.15, 0.2) is 0 Å². The number of nitrogens with zero attached hydrogens (tertiary/aromatic N) is 2. The Morgan fingerprint density at radius 2 is 1.00 bits per heavy atom. The lowest BCUT2D eigenvalue weighted by Crippen LogP contribution is -2.28. The smallest absolute Gasteiger partial charge is 0.266 e. The highest BCUT2D eigenvalue weighted by atomic mass is 16.3. The summed E-state index contributed by atoms with van der Waals surface area (Å²) in [5, 5.41) is 6.62. The molecule has 5 nitrogen and oxygen atoms in total. The van der Waals surface area contributed by atoms with Crippen LogP contribution >= 0.6 is 0 Å². The standard InChI is InChI=1S/C44H26N2O3/c47-43-34-15-5-4-14-32(34)41-36(26-25-33-31-13-6-8-18-37(31)45(42(33)41)28-11-2-1-3-12-28)44(48)46(43)29-23-21-27(22-24-29)30-17-10-20-39-40(30)35-16-7-9-19-38(35)49-39/h1-26H. The molecule has 7 aromatic carbocycles. The van der Waals surface area contributed by atoms with Crippen molar-refractivity contribution < 1.29 is 4.42 Å². The molecular weight excluding hydrogens is 604 g/mol. The van der Waals surface area contributed by atoms with Gasteiger partial charge in [-0.15, -0.1) is 0 Å². The van der Waals surface area contributed by atoms with Gasteiger partial charge in [-0.1, -0.05) is 103 Å². The fraction of sp³-hybridized carbons (Fsp3) is 0. The van der Waals surface area contributed by atoms with Crippen molar-refractivity contribution in [3.8, 4) is 22.5 Å². The van der Waals surface area contributed by atoms with Gasteiger partial charge in [0.05, 0.1) is 22.1 Å². The van der Waals surface area contributed by atoms with Gasteiger partial charge in [-0.05, 0) is 71.1 Å². The van der Waals surface area contributed by atoms with Crippen LogP contribution in [-0.4, -0.2) is 9.13 Å². The predicted molar refractivity (Wildman–Crippen MR) is 200 cm³/mol. The number of aromatic nitrogens is 2. The molecule has 0 aliphatic heterocycles. The number of benzene rings is 7. The molecule has 0 N–H and O–H groups in total. The molecule has 0 radical (unpaired) electrons. The second-order valence-corrected chi connectivity index (χ2v) is 12.4. The van der Waals surface area contributed by atoms with Gasteiger partial charge in [0.2, 0.25) is 0 Å². The Labute approximate surface area is 279 Å². The van der Waals surface area contributed by atoms with Gasteiger partial charge in [0, 0.05) is 38.0 Å². The van der Waals surface area contributed by atoms with Crippen LogP contribution in [-0.2, 0) is 0 Å². The van der Waals surface area contributed by atoms with Gasteiger partial charge in [0.1, 0.15) is 11.2 Å². The zero-order chi connectivity index (χ0) is 32.6. The molecule has 3 aromatic heterocycles. The maximum absolute atomic E-state index is 14.7. The molecule has 0 atom stereocenters. The first-order valence-corrected chi connectivity index (χ1v) is 16.3. The summed E-state index contributed by atoms with van der Waals surface area (Å²) in [6.07, 6.45) is 0. The summed E-state index contributed by atoms with van der Waals surface area (Å²) in [5.74, 6) is 0. The molecule has 0 aliphatic carbocycles. The van der Waals surface area contributed by atoms with Gasteiger partial charge >= 0.3 is 0 Å². The Bertz CT molecular complexity index is 3080. The van der Waals surface area contributed by atoms with E-state index in [4.69, 9.17) is 4.42 Å². The van der Waals surface area contributed by atoms with E-state index in [2.05, 4.69) is 41.0 Å². The van der Waals surface area contributed by atoms with Crippen LogP contribution in [0.3, 0.4) is 0 Å². The van der Waals surface area contributed by atoms with Crippen LogP contribution in [0, 0.1) is 0 Å². The second-order valence-electron chi connectivity index (χ2n) is 12.4. The van der Waals surface area contributed by atoms with Crippen LogP contribution in [0.4, 0.5) is 0 Å². The maximum atomic E-state index is 14.7. The fourth-order valence-corrected chi connectivity index (χ4v) is 7.61. The second kappa shape index (κ2) is 10.4. The highest BCUT2D eigenvalue weighted by molar-refractivity contribution is 6.24. The summed E-state index contributed by atoms with van der Waals surface area (Å²) in [7, 11) is 0. The molecule has 49 heavy (non-hydrogen) atoms. The third kappa shape index (κ3) is 3.93. The van der Waals surface area contributed by atoms with Crippen molar-refractivity contribution >= 4 is 65.3 Å². The quantitative estimate of drug-likeness (QED) is 0.195. The summed E-state index contributed by atoms with van der Waals surface area (Å²) >= 11 is 0. The van der Waals surface area contributed by atoms with E-state index in [0.29, 0.717) is 16.5 Å². The first kappa shape index (κ1) is 27.4. The summed E-state index contributed by atoms with van der Waals surface area (Å²) in [6, 6.07) is 51.6. The molecule has 0 aliphatic rings. The number of para-hydroxylation sites is 3. The molecular formula is C44H26N2O3. The number of fused-ring (bicyclic) bond motifs is 10. The highest BCUT2D eigenvalue weighted by Gasteiger charge is 2.20. The van der Waals surface area contributed by atoms with E-state index in [9.17, 15) is 9.59 Å². The SMILES string of the molecule is O=c1c2ccccc2c2c(ccc3c4ccccc4n(-c4ccccc4)c32)c(=O)n1-c1ccc(-c2cccc3oc4ccccc4c23)cc1. The van der Waals surface area contributed by atoms with Gasteiger partial charge in [0.25, 0.3) is 11.1 Å². The van der Waals surface area contributed by atoms with Gasteiger partial charge in [-0.2, -0.15) is 0 Å². The summed E-state index contributed by atoms with van der Waals surface area (Å²) in [4.78, 5) is 29.3. The first-order valence-electron chi connectivity index (χ1n) is 16.3. The molecule has 0 spiro atoms. The summed E-state index contributed by atoms with van der Waals surface area (Å²) in [6.45, 7) is 0. The number of hydrogen-bond donors (Lipinski definition) is 0. The molecule has 0 fully saturated rings. The minimum atomic E-state index is -0.362. The highest BCUT2D eigenvalue weighted by Crippen LogP contribution is 2.39.